The van der Waals surface area contributed by atoms with E-state index in [1.54, 1.807) is 0 Å². The molecule has 0 aromatic rings. The van der Waals surface area contributed by atoms with Crippen LogP contribution in [-0.2, 0) is 24.3 Å². The molecule has 26 heavy (non-hydrogen) atoms. The van der Waals surface area contributed by atoms with Crippen molar-refractivity contribution < 1.29 is 31.7 Å². The first kappa shape index (κ1) is 19.3. The topological polar surface area (TPSA) is 138 Å². The van der Waals surface area contributed by atoms with Gasteiger partial charge in [-0.1, -0.05) is 0 Å². The lowest BCUT2D eigenvalue weighted by Crippen LogP contribution is -2.49. The molecule has 3 fully saturated rings. The summed E-state index contributed by atoms with van der Waals surface area (Å²) in [6, 6.07) is -2.04. The summed E-state index contributed by atoms with van der Waals surface area (Å²) >= 11 is 0. The minimum Gasteiger partial charge on any atom is -0.316 e. The van der Waals surface area contributed by atoms with Crippen molar-refractivity contribution in [3.05, 3.63) is 0 Å². The minimum absolute atomic E-state index is 0.154. The summed E-state index contributed by atoms with van der Waals surface area (Å²) in [5, 5.41) is 3.91. The fourth-order valence-corrected chi connectivity index (χ4v) is 4.09. The van der Waals surface area contributed by atoms with Crippen molar-refractivity contribution in [2.24, 2.45) is 5.92 Å². The first-order chi connectivity index (χ1) is 12.3. The highest BCUT2D eigenvalue weighted by Crippen LogP contribution is 2.30. The van der Waals surface area contributed by atoms with Crippen LogP contribution in [0.1, 0.15) is 32.1 Å². The number of amides is 3. The lowest BCUT2D eigenvalue weighted by molar-refractivity contribution is -0.139. The summed E-state index contributed by atoms with van der Waals surface area (Å²) in [5.74, 6) is 0.202. The van der Waals surface area contributed by atoms with E-state index in [9.17, 15) is 18.0 Å². The summed E-state index contributed by atoms with van der Waals surface area (Å²) in [5.41, 5.74) is 2.37. The molecule has 3 atom stereocenters. The molecule has 3 amide bonds. The van der Waals surface area contributed by atoms with E-state index in [2.05, 4.69) is 15.1 Å². The number of carbonyl (C=O) groups excluding carboxylic acids is 2. The van der Waals surface area contributed by atoms with Crippen LogP contribution >= 0.6 is 0 Å². The Balaban J connectivity index is 1.43. The van der Waals surface area contributed by atoms with Crippen LogP contribution in [-0.4, -0.2) is 73.2 Å². The number of carbonyl (C=O) groups is 2. The average Bonchev–Trinajstić information content (AvgIpc) is 3.17. The molecule has 2 bridgehead atoms. The summed E-state index contributed by atoms with van der Waals surface area (Å²) in [6.45, 7) is 2.62. The Hall–Kier alpha value is -1.47. The molecule has 0 aromatic heterocycles. The highest BCUT2D eigenvalue weighted by atomic mass is 32.3. The molecule has 0 aliphatic carbocycles. The van der Waals surface area contributed by atoms with Crippen molar-refractivity contribution in [1.82, 2.24) is 20.8 Å². The zero-order chi connectivity index (χ0) is 18.7. The average molecular weight is 392 g/mol. The molecule has 3 aliphatic rings. The Kier molecular flexibility index (Phi) is 5.97. The third-order valence-electron chi connectivity index (χ3n) is 4.99. The van der Waals surface area contributed by atoms with Crippen LogP contribution in [0.4, 0.5) is 4.79 Å². The SMILES string of the molecule is O=C(NOCCCC1CCNC1)[C@@H]1CC[C@@H]2CN1C(=O)N2OS(=O)(=O)O. The lowest BCUT2D eigenvalue weighted by atomic mass is 10.0. The highest BCUT2D eigenvalue weighted by molar-refractivity contribution is 7.80. The van der Waals surface area contributed by atoms with Gasteiger partial charge in [-0.15, -0.1) is 4.28 Å². The predicted octanol–water partition coefficient (Wildman–Crippen LogP) is -0.573. The maximum atomic E-state index is 12.3. The molecule has 0 saturated carbocycles. The van der Waals surface area contributed by atoms with Gasteiger partial charge in [-0.3, -0.25) is 14.2 Å². The molecule has 0 radical (unpaired) electrons. The fraction of sp³-hybridized carbons (Fsp3) is 0.857. The fourth-order valence-electron chi connectivity index (χ4n) is 3.70. The maximum Gasteiger partial charge on any atom is 0.418 e. The number of rotatable bonds is 8. The summed E-state index contributed by atoms with van der Waals surface area (Å²) in [4.78, 5) is 30.9. The molecule has 3 N–H and O–H groups in total. The molecule has 12 heteroatoms. The maximum absolute atomic E-state index is 12.3. The van der Waals surface area contributed by atoms with E-state index in [4.69, 9.17) is 9.39 Å². The Labute approximate surface area is 151 Å². The number of fused-ring (bicyclic) bond motifs is 2. The van der Waals surface area contributed by atoms with Crippen molar-refractivity contribution in [2.75, 3.05) is 26.2 Å². The molecule has 3 saturated heterocycles. The lowest BCUT2D eigenvalue weighted by Gasteiger charge is -2.28. The largest absolute Gasteiger partial charge is 0.418 e. The molecule has 3 heterocycles. The third kappa shape index (κ3) is 4.62. The Morgan fingerprint density at radius 2 is 2.15 bits per heavy atom. The molecular formula is C14H24N4O7S. The third-order valence-corrected chi connectivity index (χ3v) is 5.34. The van der Waals surface area contributed by atoms with E-state index in [-0.39, 0.29) is 6.54 Å². The van der Waals surface area contributed by atoms with Gasteiger partial charge in [0, 0.05) is 6.54 Å². The summed E-state index contributed by atoms with van der Waals surface area (Å²) in [7, 11) is -4.80. The van der Waals surface area contributed by atoms with Gasteiger partial charge in [0.2, 0.25) is 0 Å². The van der Waals surface area contributed by atoms with Gasteiger partial charge in [0.25, 0.3) is 5.91 Å². The molecule has 1 unspecified atom stereocenters. The van der Waals surface area contributed by atoms with E-state index in [1.165, 1.54) is 4.90 Å². The smallest absolute Gasteiger partial charge is 0.316 e. The van der Waals surface area contributed by atoms with Gasteiger partial charge in [-0.05, 0) is 51.1 Å². The molecule has 0 aromatic carbocycles. The van der Waals surface area contributed by atoms with E-state index in [1.807, 2.05) is 0 Å². The van der Waals surface area contributed by atoms with Crippen molar-refractivity contribution in [3.63, 3.8) is 0 Å². The standard InChI is InChI=1S/C14H24N4O7S/c19-13(16-24-7-1-2-10-5-6-15-8-10)12-4-3-11-9-17(12)14(20)18(11)25-26(21,22)23/h10-12,15H,1-9H2,(H,16,19)(H,21,22,23)/t10?,11-,12+/m1/s1. The quantitative estimate of drug-likeness (QED) is 0.284. The van der Waals surface area contributed by atoms with Crippen LogP contribution in [0.5, 0.6) is 0 Å². The predicted molar refractivity (Wildman–Crippen MR) is 87.7 cm³/mol. The Bertz CT molecular complexity index is 637. The van der Waals surface area contributed by atoms with Crippen LogP contribution in [0.2, 0.25) is 0 Å². The Morgan fingerprint density at radius 1 is 1.35 bits per heavy atom. The van der Waals surface area contributed by atoms with Gasteiger partial charge in [-0.2, -0.15) is 13.5 Å². The zero-order valence-electron chi connectivity index (χ0n) is 14.3. The molecule has 0 spiro atoms. The number of hydrogen-bond acceptors (Lipinski definition) is 7. The van der Waals surface area contributed by atoms with Crippen LogP contribution < -0.4 is 10.8 Å². The van der Waals surface area contributed by atoms with Crippen LogP contribution in [0.15, 0.2) is 0 Å². The van der Waals surface area contributed by atoms with Gasteiger partial charge in [0.1, 0.15) is 6.04 Å². The highest BCUT2D eigenvalue weighted by Gasteiger charge is 2.49. The molecule has 148 valence electrons. The molecule has 3 rings (SSSR count). The normalized spacial score (nSPS) is 28.7. The van der Waals surface area contributed by atoms with Gasteiger partial charge in [0.15, 0.2) is 0 Å². The number of nitrogens with zero attached hydrogens (tertiary/aromatic N) is 2. The van der Waals surface area contributed by atoms with E-state index in [0.717, 1.165) is 32.4 Å². The second kappa shape index (κ2) is 8.05. The number of urea groups is 1. The van der Waals surface area contributed by atoms with Crippen molar-refractivity contribution in [1.29, 1.82) is 0 Å². The number of hydroxylamine groups is 3. The monoisotopic (exact) mass is 392 g/mol. The Morgan fingerprint density at radius 3 is 2.85 bits per heavy atom. The minimum atomic E-state index is -4.80. The van der Waals surface area contributed by atoms with Crippen LogP contribution in [0, 0.1) is 5.92 Å². The van der Waals surface area contributed by atoms with Crippen molar-refractivity contribution in [3.8, 4) is 0 Å². The molecule has 3 aliphatic heterocycles. The number of nitrogens with one attached hydrogen (secondary N) is 2. The van der Waals surface area contributed by atoms with E-state index >= 15 is 0 Å². The number of hydrogen-bond donors (Lipinski definition) is 3. The second-order valence-electron chi connectivity index (χ2n) is 6.83. The first-order valence-corrected chi connectivity index (χ1v) is 10.1. The summed E-state index contributed by atoms with van der Waals surface area (Å²) in [6.07, 6.45) is 3.75. The summed E-state index contributed by atoms with van der Waals surface area (Å²) < 4.78 is 34.8. The first-order valence-electron chi connectivity index (χ1n) is 8.74. The van der Waals surface area contributed by atoms with Gasteiger partial charge in [-0.25, -0.2) is 10.3 Å². The van der Waals surface area contributed by atoms with Gasteiger partial charge in [0.05, 0.1) is 12.6 Å². The second-order valence-corrected chi connectivity index (χ2v) is 7.83. The zero-order valence-corrected chi connectivity index (χ0v) is 15.1. The van der Waals surface area contributed by atoms with Crippen LogP contribution in [0.25, 0.3) is 0 Å². The van der Waals surface area contributed by atoms with E-state index < -0.39 is 34.4 Å². The van der Waals surface area contributed by atoms with Crippen molar-refractivity contribution in [2.45, 2.75) is 44.2 Å². The molecule has 11 nitrogen and oxygen atoms in total. The van der Waals surface area contributed by atoms with E-state index in [0.29, 0.717) is 30.4 Å². The van der Waals surface area contributed by atoms with Gasteiger partial charge < -0.3 is 10.2 Å². The van der Waals surface area contributed by atoms with Crippen LogP contribution in [0.3, 0.4) is 0 Å². The van der Waals surface area contributed by atoms with Crippen molar-refractivity contribution >= 4 is 22.3 Å². The van der Waals surface area contributed by atoms with Gasteiger partial charge >= 0.3 is 16.4 Å². The molecular weight excluding hydrogens is 368 g/mol. The number of piperidine rings is 1.